The maximum Gasteiger partial charge on any atom is 0.160 e. The minimum absolute atomic E-state index is 0.0602. The van der Waals surface area contributed by atoms with E-state index in [4.69, 9.17) is 9.97 Å². The zero-order valence-corrected chi connectivity index (χ0v) is 42.0. The van der Waals surface area contributed by atoms with E-state index in [-0.39, 0.29) is 5.41 Å². The molecule has 3 unspecified atom stereocenters. The van der Waals surface area contributed by atoms with Gasteiger partial charge < -0.3 is 4.40 Å². The summed E-state index contributed by atoms with van der Waals surface area (Å²) in [6, 6.07) is 66.9. The van der Waals surface area contributed by atoms with Gasteiger partial charge in [0.05, 0.1) is 27.9 Å². The second-order valence-corrected chi connectivity index (χ2v) is 19.3. The Balaban J connectivity index is 0.00000123. The molecule has 0 spiro atoms. The van der Waals surface area contributed by atoms with Crippen LogP contribution in [-0.2, 0) is 11.8 Å². The van der Waals surface area contributed by atoms with Gasteiger partial charge in [-0.15, -0.1) is 0 Å². The molecule has 5 heteroatoms. The second-order valence-electron chi connectivity index (χ2n) is 19.3. The van der Waals surface area contributed by atoms with Gasteiger partial charge in [0.25, 0.3) is 0 Å². The van der Waals surface area contributed by atoms with E-state index in [1.54, 1.807) is 0 Å². The van der Waals surface area contributed by atoms with E-state index in [1.807, 2.05) is 13.8 Å². The summed E-state index contributed by atoms with van der Waals surface area (Å²) >= 11 is 3.44. The fourth-order valence-electron chi connectivity index (χ4n) is 11.9. The first kappa shape index (κ1) is 44.1. The van der Waals surface area contributed by atoms with Gasteiger partial charge in [0.2, 0.25) is 0 Å². The molecule has 0 saturated carbocycles. The lowest BCUT2D eigenvalue weighted by Crippen LogP contribution is -2.35. The highest BCUT2D eigenvalue weighted by Gasteiger charge is 2.45. The SMILES string of the molecule is CC.CC1(C)c2cc(-c3cccc(-c4nc(C5=Cc6ccccc6CC5)cc(-c5cccc(-c6ccccc6)c5)n4)c3)ccc2C2C=c3cc4c(cc3=CC21)c1cccc2c3ccccc3n4c21.PS. The van der Waals surface area contributed by atoms with Crippen molar-refractivity contribution in [2.75, 3.05) is 0 Å². The summed E-state index contributed by atoms with van der Waals surface area (Å²) in [7, 11) is 2.11. The predicted octanol–water partition coefficient (Wildman–Crippen LogP) is 15.8. The molecule has 14 rings (SSSR count). The van der Waals surface area contributed by atoms with Crippen LogP contribution in [0.5, 0.6) is 0 Å². The number of allylic oxidation sites excluding steroid dienone is 1. The Morgan fingerprint density at radius 1 is 0.514 bits per heavy atom. The number of hydrogen-bond donors (Lipinski definition) is 1. The number of fused-ring (bicyclic) bond motifs is 11. The molecule has 3 aliphatic rings. The highest BCUT2D eigenvalue weighted by Crippen LogP contribution is 2.53. The fraction of sp³-hybridized carbons (Fsp3) is 0.138. The number of benzene rings is 8. The zero-order chi connectivity index (χ0) is 47.7. The van der Waals surface area contributed by atoms with Crippen LogP contribution < -0.4 is 10.4 Å². The lowest BCUT2D eigenvalue weighted by Gasteiger charge is -2.30. The highest BCUT2D eigenvalue weighted by atomic mass is 32.7. The molecule has 0 N–H and O–H groups in total. The standard InChI is InChI=1S/C63H45N3.C2H6.H3PS/c1-63(2)55-34-43(27-28-49(55)53-32-48-36-60-54(33-47(48)35-56(53)63)52-23-12-22-51-50-21-8-9-24-59(50)66(60)61(51)52)42-18-11-20-46(31-42)62-64-57(44-19-10-17-41(29-44)38-13-4-3-5-14-38)37-58(65-62)45-26-25-39-15-6-7-16-40(39)30-45;2*1-2/h3-24,27-37,53,56H,25-26H2,1-2H3;1-2H3;2H,1H2. The molecule has 3 nitrogen and oxygen atoms in total. The topological polar surface area (TPSA) is 30.2 Å². The molecule has 340 valence electrons. The Morgan fingerprint density at radius 3 is 1.99 bits per heavy atom. The molecule has 3 atom stereocenters. The van der Waals surface area contributed by atoms with Gasteiger partial charge in [-0.1, -0.05) is 194 Å². The van der Waals surface area contributed by atoms with Crippen LogP contribution in [-0.4, -0.2) is 14.4 Å². The molecule has 0 amide bonds. The van der Waals surface area contributed by atoms with Gasteiger partial charge in [-0.3, -0.25) is 0 Å². The van der Waals surface area contributed by atoms with Gasteiger partial charge in [0.15, 0.2) is 5.82 Å². The van der Waals surface area contributed by atoms with E-state index in [9.17, 15) is 0 Å². The van der Waals surface area contributed by atoms with E-state index < -0.39 is 0 Å². The maximum atomic E-state index is 5.36. The maximum absolute atomic E-state index is 5.36. The number of thiol groups is 1. The molecule has 3 aromatic heterocycles. The van der Waals surface area contributed by atoms with Crippen molar-refractivity contribution in [3.63, 3.8) is 0 Å². The Labute approximate surface area is 417 Å². The zero-order valence-electron chi connectivity index (χ0n) is 40.0. The number of rotatable bonds is 5. The van der Waals surface area contributed by atoms with E-state index in [0.29, 0.717) is 11.8 Å². The van der Waals surface area contributed by atoms with Crippen LogP contribution in [0.4, 0.5) is 0 Å². The first-order chi connectivity index (χ1) is 34.4. The van der Waals surface area contributed by atoms with Crippen LogP contribution in [0.25, 0.3) is 107 Å². The van der Waals surface area contributed by atoms with Crippen LogP contribution >= 0.6 is 20.7 Å². The lowest BCUT2D eigenvalue weighted by molar-refractivity contribution is 0.422. The molecule has 70 heavy (non-hydrogen) atoms. The van der Waals surface area contributed by atoms with Crippen LogP contribution in [0.1, 0.15) is 68.0 Å². The van der Waals surface area contributed by atoms with Gasteiger partial charge in [0, 0.05) is 38.6 Å². The minimum atomic E-state index is -0.0602. The van der Waals surface area contributed by atoms with Crippen molar-refractivity contribution >= 4 is 82.6 Å². The third kappa shape index (κ3) is 7.14. The molecule has 0 aliphatic heterocycles. The van der Waals surface area contributed by atoms with Gasteiger partial charge in [-0.05, 0) is 127 Å². The Bertz CT molecular complexity index is 4000. The van der Waals surface area contributed by atoms with E-state index in [1.165, 1.54) is 98.6 Å². The van der Waals surface area contributed by atoms with Crippen molar-refractivity contribution < 1.29 is 0 Å². The van der Waals surface area contributed by atoms with Gasteiger partial charge >= 0.3 is 0 Å². The molecule has 3 aliphatic carbocycles. The molecule has 8 aromatic carbocycles. The third-order valence-corrected chi connectivity index (χ3v) is 15.3. The van der Waals surface area contributed by atoms with Crippen LogP contribution in [0.2, 0.25) is 0 Å². The molecular weight excluding hydrogens is 886 g/mol. The average molecular weight is 940 g/mol. The molecule has 0 saturated heterocycles. The van der Waals surface area contributed by atoms with E-state index in [0.717, 1.165) is 41.2 Å². The molecule has 0 fully saturated rings. The Kier molecular flexibility index (Phi) is 11.2. The summed E-state index contributed by atoms with van der Waals surface area (Å²) in [6.45, 7) is 8.90. The average Bonchev–Trinajstić information content (AvgIpc) is 4.02. The number of hydrogen-bond acceptors (Lipinski definition) is 3. The molecule has 0 radical (unpaired) electrons. The molecule has 0 bridgehead atoms. The van der Waals surface area contributed by atoms with Crippen molar-refractivity contribution in [1.29, 1.82) is 0 Å². The van der Waals surface area contributed by atoms with Crippen LogP contribution in [0.3, 0.4) is 0 Å². The molecule has 11 aromatic rings. The Hall–Kier alpha value is -7.10. The number of aryl methyl sites for hydroxylation is 1. The minimum Gasteiger partial charge on any atom is -0.308 e. The number of aromatic nitrogens is 3. The predicted molar refractivity (Wildman–Crippen MR) is 305 cm³/mol. The monoisotopic (exact) mass is 939 g/mol. The van der Waals surface area contributed by atoms with Gasteiger partial charge in [-0.25, -0.2) is 9.97 Å². The number of para-hydroxylation sites is 2. The normalized spacial score (nSPS) is 16.2. The summed E-state index contributed by atoms with van der Waals surface area (Å²) < 4.78 is 2.50. The van der Waals surface area contributed by atoms with E-state index >= 15 is 0 Å². The van der Waals surface area contributed by atoms with E-state index in [2.05, 4.69) is 239 Å². The van der Waals surface area contributed by atoms with Crippen LogP contribution in [0.15, 0.2) is 182 Å². The van der Waals surface area contributed by atoms with Crippen molar-refractivity contribution in [1.82, 2.24) is 14.4 Å². The third-order valence-electron chi connectivity index (χ3n) is 15.3. The second kappa shape index (κ2) is 17.7. The quantitative estimate of drug-likeness (QED) is 0.138. The lowest BCUT2D eigenvalue weighted by atomic mass is 9.73. The largest absolute Gasteiger partial charge is 0.308 e. The van der Waals surface area contributed by atoms with Crippen molar-refractivity contribution in [2.24, 2.45) is 5.92 Å². The summed E-state index contributed by atoms with van der Waals surface area (Å²) in [6.07, 6.45) is 9.42. The van der Waals surface area contributed by atoms with Gasteiger partial charge in [-0.2, -0.15) is 12.2 Å². The first-order valence-electron chi connectivity index (χ1n) is 24.7. The van der Waals surface area contributed by atoms with Crippen molar-refractivity contribution in [3.05, 3.63) is 220 Å². The summed E-state index contributed by atoms with van der Waals surface area (Å²) in [4.78, 5) is 10.7. The van der Waals surface area contributed by atoms with Crippen molar-refractivity contribution in [2.45, 2.75) is 51.9 Å². The summed E-state index contributed by atoms with van der Waals surface area (Å²) in [5.74, 6) is 1.40. The van der Waals surface area contributed by atoms with Crippen molar-refractivity contribution in [3.8, 4) is 44.9 Å². The smallest absolute Gasteiger partial charge is 0.160 e. The molecule has 3 heterocycles. The Morgan fingerprint density at radius 2 is 1.14 bits per heavy atom. The van der Waals surface area contributed by atoms with Crippen LogP contribution in [0, 0.1) is 5.92 Å². The number of nitrogens with zero attached hydrogens (tertiary/aromatic N) is 3. The molecular formula is C65H54N3PS. The fourth-order valence-corrected chi connectivity index (χ4v) is 11.9. The first-order valence-corrected chi connectivity index (χ1v) is 26.8. The summed E-state index contributed by atoms with van der Waals surface area (Å²) in [5.41, 5.74) is 19.4. The summed E-state index contributed by atoms with van der Waals surface area (Å²) in [5, 5.41) is 7.99. The highest BCUT2D eigenvalue weighted by molar-refractivity contribution is 8.31. The van der Waals surface area contributed by atoms with Gasteiger partial charge in [0.1, 0.15) is 0 Å².